The Labute approximate surface area is 150 Å². The lowest BCUT2D eigenvalue weighted by Gasteiger charge is -2.32. The Morgan fingerprint density at radius 1 is 1.36 bits per heavy atom. The van der Waals surface area contributed by atoms with Crippen molar-refractivity contribution in [2.45, 2.75) is 5.92 Å². The molecule has 0 radical (unpaired) electrons. The highest BCUT2D eigenvalue weighted by atomic mass is 79.9. The first kappa shape index (κ1) is 17.4. The minimum atomic E-state index is -0.643. The van der Waals surface area contributed by atoms with Gasteiger partial charge in [-0.05, 0) is 23.8 Å². The van der Waals surface area contributed by atoms with E-state index in [9.17, 15) is 18.4 Å². The smallest absolute Gasteiger partial charge is 0.254 e. The summed E-state index contributed by atoms with van der Waals surface area (Å²) in [6, 6.07) is 5.03. The predicted octanol–water partition coefficient (Wildman–Crippen LogP) is 2.53. The topological polar surface area (TPSA) is 75.2 Å². The van der Waals surface area contributed by atoms with E-state index in [4.69, 9.17) is 0 Å². The minimum absolute atomic E-state index is 0.0674. The van der Waals surface area contributed by atoms with Crippen LogP contribution in [0.5, 0.6) is 0 Å². The van der Waals surface area contributed by atoms with E-state index < -0.39 is 24.3 Å². The van der Waals surface area contributed by atoms with Crippen LogP contribution in [0.25, 0.3) is 0 Å². The number of amides is 2. The van der Waals surface area contributed by atoms with Crippen molar-refractivity contribution in [3.8, 4) is 0 Å². The van der Waals surface area contributed by atoms with Crippen molar-refractivity contribution in [1.82, 2.24) is 14.9 Å². The third kappa shape index (κ3) is 3.81. The van der Waals surface area contributed by atoms with Crippen LogP contribution in [-0.4, -0.2) is 46.4 Å². The van der Waals surface area contributed by atoms with E-state index in [0.717, 1.165) is 16.9 Å². The third-order valence-electron chi connectivity index (χ3n) is 3.80. The van der Waals surface area contributed by atoms with E-state index in [0.29, 0.717) is 11.1 Å². The molecule has 1 N–H and O–H groups in total. The number of hydrogen-bond acceptors (Lipinski definition) is 4. The summed E-state index contributed by atoms with van der Waals surface area (Å²) in [6.45, 7) is -0.821. The van der Waals surface area contributed by atoms with Gasteiger partial charge in [0.15, 0.2) is 5.82 Å². The molecule has 2 amide bonds. The van der Waals surface area contributed by atoms with Gasteiger partial charge in [-0.25, -0.2) is 14.4 Å². The van der Waals surface area contributed by atoms with E-state index in [1.165, 1.54) is 4.90 Å². The number of nitrogens with one attached hydrogen (secondary N) is 1. The van der Waals surface area contributed by atoms with Gasteiger partial charge in [0.05, 0.1) is 19.1 Å². The van der Waals surface area contributed by atoms with Gasteiger partial charge in [-0.15, -0.1) is 0 Å². The largest absolute Gasteiger partial charge is 0.329 e. The average Bonchev–Trinajstić information content (AvgIpc) is 2.59. The number of fused-ring (bicyclic) bond motifs is 1. The Hall–Kier alpha value is -2.42. The lowest BCUT2D eigenvalue weighted by molar-refractivity contribution is -0.117. The second-order valence-corrected chi connectivity index (χ2v) is 6.46. The van der Waals surface area contributed by atoms with Crippen molar-refractivity contribution in [3.05, 3.63) is 52.0 Å². The molecule has 1 aromatic carbocycles. The summed E-state index contributed by atoms with van der Waals surface area (Å²) < 4.78 is 26.9. The van der Waals surface area contributed by atoms with Crippen LogP contribution < -0.4 is 5.32 Å². The van der Waals surface area contributed by atoms with Gasteiger partial charge in [-0.2, -0.15) is 0 Å². The van der Waals surface area contributed by atoms with Crippen molar-refractivity contribution in [3.63, 3.8) is 0 Å². The summed E-state index contributed by atoms with van der Waals surface area (Å²) in [5.74, 6) is -2.08. The van der Waals surface area contributed by atoms with Gasteiger partial charge in [0, 0.05) is 22.5 Å². The zero-order valence-corrected chi connectivity index (χ0v) is 14.5. The quantitative estimate of drug-likeness (QED) is 0.839. The van der Waals surface area contributed by atoms with Crippen LogP contribution in [-0.2, 0) is 4.79 Å². The van der Waals surface area contributed by atoms with Crippen LogP contribution >= 0.6 is 15.9 Å². The number of halogens is 3. The number of anilines is 1. The van der Waals surface area contributed by atoms with Crippen molar-refractivity contribution in [1.29, 1.82) is 0 Å². The Balaban J connectivity index is 1.74. The third-order valence-corrected chi connectivity index (χ3v) is 4.30. The second-order valence-electron chi connectivity index (χ2n) is 5.54. The van der Waals surface area contributed by atoms with E-state index in [1.807, 2.05) is 0 Å². The number of benzene rings is 1. The molecule has 9 heteroatoms. The molecule has 1 aliphatic rings. The van der Waals surface area contributed by atoms with E-state index in [1.54, 1.807) is 18.2 Å². The average molecular weight is 411 g/mol. The van der Waals surface area contributed by atoms with Crippen LogP contribution in [0.15, 0.2) is 35.1 Å². The second kappa shape index (κ2) is 7.22. The lowest BCUT2D eigenvalue weighted by atomic mass is 9.90. The fourth-order valence-corrected chi connectivity index (χ4v) is 3.05. The Bertz CT molecular complexity index is 816. The minimum Gasteiger partial charge on any atom is -0.329 e. The molecule has 6 nitrogen and oxygen atoms in total. The number of alkyl halides is 1. The van der Waals surface area contributed by atoms with Crippen LogP contribution in [0.1, 0.15) is 21.8 Å². The molecule has 1 aromatic heterocycles. The summed E-state index contributed by atoms with van der Waals surface area (Å²) in [4.78, 5) is 33.2. The van der Waals surface area contributed by atoms with Crippen LogP contribution in [0.4, 0.5) is 14.7 Å². The van der Waals surface area contributed by atoms with Gasteiger partial charge in [0.1, 0.15) is 6.54 Å². The van der Waals surface area contributed by atoms with Gasteiger partial charge < -0.3 is 4.90 Å². The Kier molecular flexibility index (Phi) is 5.03. The van der Waals surface area contributed by atoms with E-state index >= 15 is 0 Å². The van der Waals surface area contributed by atoms with Crippen molar-refractivity contribution in [2.75, 3.05) is 25.1 Å². The summed E-state index contributed by atoms with van der Waals surface area (Å²) in [5.41, 5.74) is 1.00. The zero-order valence-electron chi connectivity index (χ0n) is 12.9. The van der Waals surface area contributed by atoms with Crippen molar-refractivity contribution >= 4 is 33.7 Å². The van der Waals surface area contributed by atoms with E-state index in [2.05, 4.69) is 31.2 Å². The van der Waals surface area contributed by atoms with Gasteiger partial charge in [0.2, 0.25) is 11.9 Å². The van der Waals surface area contributed by atoms with Crippen molar-refractivity contribution < 1.29 is 18.4 Å². The molecule has 25 heavy (non-hydrogen) atoms. The molecule has 0 saturated carbocycles. The van der Waals surface area contributed by atoms with Gasteiger partial charge in [0.25, 0.3) is 5.91 Å². The molecule has 0 spiro atoms. The van der Waals surface area contributed by atoms with Crippen LogP contribution in [0.2, 0.25) is 0 Å². The molecular formula is C16H13BrF2N4O2. The first-order valence-electron chi connectivity index (χ1n) is 7.40. The SMILES string of the molecule is O=C(CN1C[C@@H](CF)c2cc(Br)ccc2C1=O)Nc1ncc(F)cn1. The molecule has 2 heterocycles. The molecule has 1 atom stereocenters. The number of aromatic nitrogens is 2. The highest BCUT2D eigenvalue weighted by Gasteiger charge is 2.32. The maximum Gasteiger partial charge on any atom is 0.254 e. The highest BCUT2D eigenvalue weighted by molar-refractivity contribution is 9.10. The molecule has 0 bridgehead atoms. The first-order chi connectivity index (χ1) is 12.0. The predicted molar refractivity (Wildman–Crippen MR) is 89.4 cm³/mol. The molecular weight excluding hydrogens is 398 g/mol. The fourth-order valence-electron chi connectivity index (χ4n) is 2.67. The summed E-state index contributed by atoms with van der Waals surface area (Å²) in [7, 11) is 0. The molecule has 0 aliphatic carbocycles. The summed E-state index contributed by atoms with van der Waals surface area (Å²) >= 11 is 3.31. The summed E-state index contributed by atoms with van der Waals surface area (Å²) in [5, 5.41) is 2.38. The highest BCUT2D eigenvalue weighted by Crippen LogP contribution is 2.31. The van der Waals surface area contributed by atoms with Gasteiger partial charge in [-0.3, -0.25) is 19.3 Å². The molecule has 3 rings (SSSR count). The lowest BCUT2D eigenvalue weighted by Crippen LogP contribution is -2.44. The van der Waals surface area contributed by atoms with E-state index in [-0.39, 0.29) is 24.9 Å². The molecule has 0 fully saturated rings. The maximum atomic E-state index is 13.4. The van der Waals surface area contributed by atoms with Crippen LogP contribution in [0, 0.1) is 5.82 Å². The Morgan fingerprint density at radius 3 is 2.76 bits per heavy atom. The number of nitrogens with zero attached hydrogens (tertiary/aromatic N) is 3. The number of carbonyl (C=O) groups is 2. The normalized spacial score (nSPS) is 16.5. The number of rotatable bonds is 4. The monoisotopic (exact) mass is 410 g/mol. The summed E-state index contributed by atoms with van der Waals surface area (Å²) in [6.07, 6.45) is 1.84. The van der Waals surface area contributed by atoms with Crippen molar-refractivity contribution in [2.24, 2.45) is 0 Å². The zero-order chi connectivity index (χ0) is 18.0. The maximum absolute atomic E-state index is 13.4. The first-order valence-corrected chi connectivity index (χ1v) is 8.19. The molecule has 0 saturated heterocycles. The molecule has 130 valence electrons. The Morgan fingerprint density at radius 2 is 2.08 bits per heavy atom. The fraction of sp³-hybridized carbons (Fsp3) is 0.250. The number of carbonyl (C=O) groups excluding carboxylic acids is 2. The molecule has 1 aliphatic heterocycles. The van der Waals surface area contributed by atoms with Gasteiger partial charge >= 0.3 is 0 Å². The molecule has 0 unspecified atom stereocenters. The van der Waals surface area contributed by atoms with Crippen LogP contribution in [0.3, 0.4) is 0 Å². The molecule has 2 aromatic rings. The number of hydrogen-bond donors (Lipinski definition) is 1. The van der Waals surface area contributed by atoms with Gasteiger partial charge in [-0.1, -0.05) is 15.9 Å². The standard InChI is InChI=1S/C16H13BrF2N4O2/c17-10-1-2-12-13(3-10)9(4-18)7-23(15(12)25)8-14(24)22-16-20-5-11(19)6-21-16/h1-3,5-6,9H,4,7-8H2,(H,20,21,22,24)/t9-/m1/s1.